The molecule has 2 aromatic carbocycles. The van der Waals surface area contributed by atoms with E-state index < -0.39 is 0 Å². The van der Waals surface area contributed by atoms with E-state index in [-0.39, 0.29) is 29.5 Å². The molecule has 0 amide bonds. The average molecular weight is 418 g/mol. The SMILES string of the molecule is CCOC(=O)c1ccc(COc2c(-c3ccco3)oc3c(C)cc(C)cc3c2=O)cc1. The van der Waals surface area contributed by atoms with Crippen molar-refractivity contribution in [2.24, 2.45) is 0 Å². The number of aryl methyl sites for hydroxylation is 2. The summed E-state index contributed by atoms with van der Waals surface area (Å²) in [6.07, 6.45) is 1.51. The van der Waals surface area contributed by atoms with Crippen molar-refractivity contribution in [3.63, 3.8) is 0 Å². The Labute approximate surface area is 179 Å². The molecule has 31 heavy (non-hydrogen) atoms. The molecule has 0 spiro atoms. The van der Waals surface area contributed by atoms with Crippen molar-refractivity contribution in [3.05, 3.63) is 87.3 Å². The van der Waals surface area contributed by atoms with Gasteiger partial charge in [-0.2, -0.15) is 0 Å². The van der Waals surface area contributed by atoms with E-state index in [1.165, 1.54) is 6.26 Å². The van der Waals surface area contributed by atoms with Crippen LogP contribution in [-0.4, -0.2) is 12.6 Å². The maximum absolute atomic E-state index is 13.3. The number of esters is 1. The van der Waals surface area contributed by atoms with Crippen molar-refractivity contribution < 1.29 is 23.1 Å². The summed E-state index contributed by atoms with van der Waals surface area (Å²) >= 11 is 0. The lowest BCUT2D eigenvalue weighted by molar-refractivity contribution is 0.0526. The van der Waals surface area contributed by atoms with Crippen LogP contribution in [0.4, 0.5) is 0 Å². The average Bonchev–Trinajstić information content (AvgIpc) is 3.29. The second-order valence-corrected chi connectivity index (χ2v) is 7.23. The van der Waals surface area contributed by atoms with Gasteiger partial charge in [0.2, 0.25) is 16.9 Å². The first-order valence-electron chi connectivity index (χ1n) is 9.98. The van der Waals surface area contributed by atoms with E-state index in [0.717, 1.165) is 16.7 Å². The van der Waals surface area contributed by atoms with E-state index in [9.17, 15) is 9.59 Å². The molecule has 0 atom stereocenters. The first-order chi connectivity index (χ1) is 15.0. The molecule has 0 aliphatic heterocycles. The normalized spacial score (nSPS) is 10.9. The smallest absolute Gasteiger partial charge is 0.338 e. The lowest BCUT2D eigenvalue weighted by atomic mass is 10.1. The fourth-order valence-electron chi connectivity index (χ4n) is 3.44. The topological polar surface area (TPSA) is 78.9 Å². The first-order valence-corrected chi connectivity index (χ1v) is 9.98. The second kappa shape index (κ2) is 8.52. The van der Waals surface area contributed by atoms with Crippen molar-refractivity contribution in [1.82, 2.24) is 0 Å². The number of rotatable bonds is 6. The van der Waals surface area contributed by atoms with Crippen molar-refractivity contribution in [3.8, 4) is 17.3 Å². The van der Waals surface area contributed by atoms with E-state index in [0.29, 0.717) is 28.9 Å². The third-order valence-electron chi connectivity index (χ3n) is 4.87. The number of benzene rings is 2. The molecule has 2 heterocycles. The lowest BCUT2D eigenvalue weighted by Gasteiger charge is -2.12. The summed E-state index contributed by atoms with van der Waals surface area (Å²) in [6.45, 7) is 6.02. The van der Waals surface area contributed by atoms with Gasteiger partial charge in [0, 0.05) is 0 Å². The fourth-order valence-corrected chi connectivity index (χ4v) is 3.44. The van der Waals surface area contributed by atoms with Crippen LogP contribution in [0.2, 0.25) is 0 Å². The molecule has 4 aromatic rings. The maximum atomic E-state index is 13.3. The lowest BCUT2D eigenvalue weighted by Crippen LogP contribution is -2.11. The van der Waals surface area contributed by atoms with E-state index >= 15 is 0 Å². The van der Waals surface area contributed by atoms with Gasteiger partial charge in [0.25, 0.3) is 0 Å². The van der Waals surface area contributed by atoms with E-state index in [4.69, 9.17) is 18.3 Å². The van der Waals surface area contributed by atoms with E-state index in [1.807, 2.05) is 19.9 Å². The van der Waals surface area contributed by atoms with Crippen LogP contribution in [-0.2, 0) is 11.3 Å². The van der Waals surface area contributed by atoms with Crippen LogP contribution in [0.1, 0.15) is 34.0 Å². The standard InChI is InChI=1S/C25H22O6/c1-4-28-25(27)18-9-7-17(8-10-18)14-30-24-21(26)19-13-15(2)12-16(3)22(19)31-23(24)20-6-5-11-29-20/h5-13H,4,14H2,1-3H3. The number of ether oxygens (including phenoxy) is 2. The Balaban J connectivity index is 1.71. The molecule has 0 saturated heterocycles. The Bertz CT molecular complexity index is 1280. The van der Waals surface area contributed by atoms with Crippen LogP contribution in [0.3, 0.4) is 0 Å². The minimum absolute atomic E-state index is 0.0851. The monoisotopic (exact) mass is 418 g/mol. The molecule has 0 saturated carbocycles. The zero-order valence-corrected chi connectivity index (χ0v) is 17.6. The van der Waals surface area contributed by atoms with Crippen LogP contribution >= 0.6 is 0 Å². The first kappa shape index (κ1) is 20.5. The molecule has 0 fully saturated rings. The molecular formula is C25H22O6. The predicted octanol–water partition coefficient (Wildman–Crippen LogP) is 5.43. The van der Waals surface area contributed by atoms with Gasteiger partial charge in [-0.25, -0.2) is 4.79 Å². The van der Waals surface area contributed by atoms with Crippen molar-refractivity contribution in [2.75, 3.05) is 6.61 Å². The van der Waals surface area contributed by atoms with Gasteiger partial charge in [-0.1, -0.05) is 18.2 Å². The summed E-state index contributed by atoms with van der Waals surface area (Å²) < 4.78 is 22.5. The Kier molecular flexibility index (Phi) is 5.62. The molecule has 6 heteroatoms. The van der Waals surface area contributed by atoms with Gasteiger partial charge in [0.05, 0.1) is 23.8 Å². The van der Waals surface area contributed by atoms with Crippen molar-refractivity contribution in [2.45, 2.75) is 27.4 Å². The minimum atomic E-state index is -0.379. The zero-order valence-electron chi connectivity index (χ0n) is 17.6. The molecule has 2 aromatic heterocycles. The third kappa shape index (κ3) is 4.10. The number of hydrogen-bond acceptors (Lipinski definition) is 6. The maximum Gasteiger partial charge on any atom is 0.338 e. The summed E-state index contributed by atoms with van der Waals surface area (Å²) in [5, 5.41) is 0.459. The quantitative estimate of drug-likeness (QED) is 0.389. The van der Waals surface area contributed by atoms with Gasteiger partial charge in [0.15, 0.2) is 5.76 Å². The number of carbonyl (C=O) groups is 1. The van der Waals surface area contributed by atoms with Gasteiger partial charge < -0.3 is 18.3 Å². The van der Waals surface area contributed by atoms with Gasteiger partial charge in [-0.3, -0.25) is 4.79 Å². The fraction of sp³-hybridized carbons (Fsp3) is 0.200. The highest BCUT2D eigenvalue weighted by Crippen LogP contribution is 2.33. The summed E-state index contributed by atoms with van der Waals surface area (Å²) in [7, 11) is 0. The zero-order chi connectivity index (χ0) is 22.0. The summed E-state index contributed by atoms with van der Waals surface area (Å²) in [6, 6.07) is 14.0. The largest absolute Gasteiger partial charge is 0.481 e. The summed E-state index contributed by atoms with van der Waals surface area (Å²) in [4.78, 5) is 25.1. The molecule has 0 aliphatic carbocycles. The van der Waals surface area contributed by atoms with Crippen LogP contribution < -0.4 is 10.2 Å². The number of hydrogen-bond donors (Lipinski definition) is 0. The Morgan fingerprint density at radius 3 is 2.52 bits per heavy atom. The predicted molar refractivity (Wildman–Crippen MR) is 116 cm³/mol. The molecule has 0 unspecified atom stereocenters. The molecule has 0 N–H and O–H groups in total. The van der Waals surface area contributed by atoms with Crippen LogP contribution in [0.25, 0.3) is 22.5 Å². The van der Waals surface area contributed by atoms with E-state index in [2.05, 4.69) is 0 Å². The molecule has 0 radical (unpaired) electrons. The number of carbonyl (C=O) groups excluding carboxylic acids is 1. The Hall–Kier alpha value is -3.80. The summed E-state index contributed by atoms with van der Waals surface area (Å²) in [5.41, 5.74) is 3.32. The van der Waals surface area contributed by atoms with Crippen molar-refractivity contribution in [1.29, 1.82) is 0 Å². The second-order valence-electron chi connectivity index (χ2n) is 7.23. The molecule has 6 nitrogen and oxygen atoms in total. The van der Waals surface area contributed by atoms with Gasteiger partial charge >= 0.3 is 5.97 Å². The molecule has 0 aliphatic rings. The molecule has 0 bridgehead atoms. The highest BCUT2D eigenvalue weighted by Gasteiger charge is 2.21. The molecule has 158 valence electrons. The van der Waals surface area contributed by atoms with Gasteiger partial charge in [-0.05, 0) is 67.8 Å². The Morgan fingerprint density at radius 1 is 1.06 bits per heavy atom. The Morgan fingerprint density at radius 2 is 1.84 bits per heavy atom. The minimum Gasteiger partial charge on any atom is -0.481 e. The van der Waals surface area contributed by atoms with E-state index in [1.54, 1.807) is 49.4 Å². The highest BCUT2D eigenvalue weighted by molar-refractivity contribution is 5.89. The van der Waals surface area contributed by atoms with Crippen molar-refractivity contribution >= 4 is 16.9 Å². The van der Waals surface area contributed by atoms with Gasteiger partial charge in [-0.15, -0.1) is 0 Å². The van der Waals surface area contributed by atoms with Crippen LogP contribution in [0, 0.1) is 13.8 Å². The van der Waals surface area contributed by atoms with Gasteiger partial charge in [0.1, 0.15) is 12.2 Å². The van der Waals surface area contributed by atoms with Crippen LogP contribution in [0.15, 0.2) is 68.4 Å². The highest BCUT2D eigenvalue weighted by atomic mass is 16.5. The number of furan rings is 1. The number of fused-ring (bicyclic) bond motifs is 1. The summed E-state index contributed by atoms with van der Waals surface area (Å²) in [5.74, 6) is 0.363. The van der Waals surface area contributed by atoms with Crippen LogP contribution in [0.5, 0.6) is 5.75 Å². The third-order valence-corrected chi connectivity index (χ3v) is 4.87. The molecular weight excluding hydrogens is 396 g/mol. The molecule has 4 rings (SSSR count).